The minimum absolute atomic E-state index is 0.0928. The van der Waals surface area contributed by atoms with Crippen molar-refractivity contribution in [1.82, 2.24) is 5.32 Å². The summed E-state index contributed by atoms with van der Waals surface area (Å²) in [4.78, 5) is 36.7. The van der Waals surface area contributed by atoms with Crippen LogP contribution in [0, 0.1) is 0 Å². The van der Waals surface area contributed by atoms with Crippen LogP contribution in [0.5, 0.6) is 23.0 Å². The maximum Gasteiger partial charge on any atom is 0.339 e. The van der Waals surface area contributed by atoms with Gasteiger partial charge in [0.1, 0.15) is 17.0 Å². The molecule has 0 bridgehead atoms. The molecule has 0 spiro atoms. The predicted molar refractivity (Wildman–Crippen MR) is 111 cm³/mol. The van der Waals surface area contributed by atoms with Crippen LogP contribution in [0.1, 0.15) is 54.2 Å². The number of rotatable bonds is 5. The van der Waals surface area contributed by atoms with Gasteiger partial charge >= 0.3 is 5.97 Å². The van der Waals surface area contributed by atoms with Gasteiger partial charge in [-0.05, 0) is 55.7 Å². The average molecular weight is 442 g/mol. The zero-order chi connectivity index (χ0) is 23.2. The third-order valence-corrected chi connectivity index (χ3v) is 5.96. The molecule has 1 unspecified atom stereocenters. The molecule has 2 aliphatic rings. The number of carboxylic acids is 1. The van der Waals surface area contributed by atoms with Gasteiger partial charge in [0.15, 0.2) is 17.2 Å². The minimum Gasteiger partial charge on any atom is -0.506 e. The molecular weight excluding hydrogens is 420 g/mol. The number of nitrogens with one attached hydrogen (secondary N) is 2. The second-order valence-corrected chi connectivity index (χ2v) is 8.03. The average Bonchev–Trinajstić information content (AvgIpc) is 3.20. The normalized spacial score (nSPS) is 20.9. The molecule has 2 aromatic carbocycles. The van der Waals surface area contributed by atoms with Crippen LogP contribution >= 0.6 is 0 Å². The number of hydrogen-bond donors (Lipinski definition) is 5. The molecule has 168 valence electrons. The molecule has 0 saturated heterocycles. The molecular formula is C22H22N2O8. The summed E-state index contributed by atoms with van der Waals surface area (Å²) in [6.45, 7) is 3.67. The highest BCUT2D eigenvalue weighted by Crippen LogP contribution is 2.45. The molecule has 10 nitrogen and oxygen atoms in total. The first-order chi connectivity index (χ1) is 15.1. The van der Waals surface area contributed by atoms with Crippen LogP contribution in [0.25, 0.3) is 0 Å². The number of aromatic hydroxyl groups is 2. The zero-order valence-corrected chi connectivity index (χ0v) is 17.4. The number of aromatic carboxylic acids is 1. The highest BCUT2D eigenvalue weighted by atomic mass is 16.7. The van der Waals surface area contributed by atoms with Crippen molar-refractivity contribution in [2.75, 3.05) is 12.1 Å². The van der Waals surface area contributed by atoms with E-state index in [1.807, 2.05) is 13.0 Å². The van der Waals surface area contributed by atoms with E-state index in [2.05, 4.69) is 10.6 Å². The Balaban J connectivity index is 1.57. The van der Waals surface area contributed by atoms with E-state index in [4.69, 9.17) is 14.6 Å². The maximum atomic E-state index is 12.9. The lowest BCUT2D eigenvalue weighted by molar-refractivity contribution is -0.128. The lowest BCUT2D eigenvalue weighted by Gasteiger charge is -2.38. The van der Waals surface area contributed by atoms with E-state index in [9.17, 15) is 24.6 Å². The van der Waals surface area contributed by atoms with Crippen molar-refractivity contribution in [3.63, 3.8) is 0 Å². The van der Waals surface area contributed by atoms with Crippen LogP contribution in [0.2, 0.25) is 0 Å². The SMILES string of the molecule is CC1NC(=O)[C@@](C)(CCC(=O)Nc2c(O)ccc(C(=O)O)c2O)c2cc3c(cc21)OCO3. The first kappa shape index (κ1) is 21.3. The van der Waals surface area contributed by atoms with Crippen molar-refractivity contribution in [1.29, 1.82) is 0 Å². The van der Waals surface area contributed by atoms with E-state index in [1.165, 1.54) is 0 Å². The van der Waals surface area contributed by atoms with Gasteiger partial charge in [0.05, 0.1) is 11.5 Å². The van der Waals surface area contributed by atoms with E-state index >= 15 is 0 Å². The summed E-state index contributed by atoms with van der Waals surface area (Å²) in [6, 6.07) is 5.43. The van der Waals surface area contributed by atoms with Gasteiger partial charge in [0, 0.05) is 6.42 Å². The van der Waals surface area contributed by atoms with E-state index in [0.29, 0.717) is 11.5 Å². The number of carbonyl (C=O) groups excluding carboxylic acids is 2. The van der Waals surface area contributed by atoms with Gasteiger partial charge in [-0.2, -0.15) is 0 Å². The van der Waals surface area contributed by atoms with Crippen molar-refractivity contribution in [2.24, 2.45) is 0 Å². The molecule has 10 heteroatoms. The number of carbonyl (C=O) groups is 3. The van der Waals surface area contributed by atoms with Crippen molar-refractivity contribution in [3.8, 4) is 23.0 Å². The number of ether oxygens (including phenoxy) is 2. The summed E-state index contributed by atoms with van der Waals surface area (Å²) in [5.74, 6) is -2.36. The lowest BCUT2D eigenvalue weighted by atomic mass is 9.71. The van der Waals surface area contributed by atoms with Gasteiger partial charge in [0.25, 0.3) is 0 Å². The van der Waals surface area contributed by atoms with E-state index in [0.717, 1.165) is 23.3 Å². The van der Waals surface area contributed by atoms with Crippen LogP contribution in [0.4, 0.5) is 5.69 Å². The van der Waals surface area contributed by atoms with Crippen LogP contribution in [-0.4, -0.2) is 39.9 Å². The molecule has 2 heterocycles. The number of carboxylic acid groups (broad SMARTS) is 1. The zero-order valence-electron chi connectivity index (χ0n) is 17.4. The Hall–Kier alpha value is -3.95. The summed E-state index contributed by atoms with van der Waals surface area (Å²) in [5, 5.41) is 34.4. The highest BCUT2D eigenvalue weighted by molar-refractivity contribution is 6.00. The molecule has 32 heavy (non-hydrogen) atoms. The Labute approximate surface area is 182 Å². The van der Waals surface area contributed by atoms with Gasteiger partial charge in [0.2, 0.25) is 18.6 Å². The van der Waals surface area contributed by atoms with Crippen LogP contribution in [-0.2, 0) is 15.0 Å². The summed E-state index contributed by atoms with van der Waals surface area (Å²) < 4.78 is 10.9. The Bertz CT molecular complexity index is 1150. The van der Waals surface area contributed by atoms with Crippen molar-refractivity contribution in [3.05, 3.63) is 41.0 Å². The van der Waals surface area contributed by atoms with Crippen molar-refractivity contribution >= 4 is 23.5 Å². The number of hydrogen-bond acceptors (Lipinski definition) is 7. The fourth-order valence-corrected chi connectivity index (χ4v) is 4.04. The molecule has 2 amide bonds. The quantitative estimate of drug-likeness (QED) is 0.442. The second-order valence-electron chi connectivity index (χ2n) is 8.03. The molecule has 2 atom stereocenters. The maximum absolute atomic E-state index is 12.9. The number of benzene rings is 2. The van der Waals surface area contributed by atoms with Crippen LogP contribution < -0.4 is 20.1 Å². The fraction of sp³-hybridized carbons (Fsp3) is 0.318. The third-order valence-electron chi connectivity index (χ3n) is 5.96. The fourth-order valence-electron chi connectivity index (χ4n) is 4.04. The molecule has 5 N–H and O–H groups in total. The van der Waals surface area contributed by atoms with Crippen molar-refractivity contribution < 1.29 is 39.2 Å². The molecule has 2 aliphatic heterocycles. The molecule has 0 radical (unpaired) electrons. The lowest BCUT2D eigenvalue weighted by Crippen LogP contribution is -2.48. The van der Waals surface area contributed by atoms with Gasteiger partial charge in [-0.1, -0.05) is 0 Å². The van der Waals surface area contributed by atoms with Gasteiger partial charge in [-0.3, -0.25) is 9.59 Å². The number of fused-ring (bicyclic) bond motifs is 2. The smallest absolute Gasteiger partial charge is 0.339 e. The van der Waals surface area contributed by atoms with E-state index in [1.54, 1.807) is 13.0 Å². The Kier molecular flexibility index (Phi) is 5.08. The van der Waals surface area contributed by atoms with Gasteiger partial charge in [-0.15, -0.1) is 0 Å². The number of anilines is 1. The standard InChI is InChI=1S/C22H22N2O8/c1-10-12-7-15-16(32-9-31-15)8-13(12)22(2,21(30)23-10)6-5-17(26)24-18-14(25)4-3-11(19(18)27)20(28)29/h3-4,7-8,10,25,27H,5-6,9H2,1-2H3,(H,23,30)(H,24,26)(H,28,29)/t10?,22-/m0/s1. The van der Waals surface area contributed by atoms with E-state index < -0.39 is 40.0 Å². The number of phenols is 2. The summed E-state index contributed by atoms with van der Waals surface area (Å²) >= 11 is 0. The van der Waals surface area contributed by atoms with E-state index in [-0.39, 0.29) is 31.6 Å². The predicted octanol–water partition coefficient (Wildman–Crippen LogP) is 2.39. The molecule has 0 fully saturated rings. The summed E-state index contributed by atoms with van der Waals surface area (Å²) in [5.41, 5.74) is -0.320. The van der Waals surface area contributed by atoms with Crippen LogP contribution in [0.3, 0.4) is 0 Å². The summed E-state index contributed by atoms with van der Waals surface area (Å²) in [6.07, 6.45) is -0.0213. The van der Waals surface area contributed by atoms with Gasteiger partial charge < -0.3 is 35.4 Å². The molecule has 4 rings (SSSR count). The minimum atomic E-state index is -1.41. The number of amides is 2. The van der Waals surface area contributed by atoms with Crippen LogP contribution in [0.15, 0.2) is 24.3 Å². The number of phenolic OH excluding ortho intramolecular Hbond substituents is 1. The summed E-state index contributed by atoms with van der Waals surface area (Å²) in [7, 11) is 0. The first-order valence-electron chi connectivity index (χ1n) is 9.95. The topological polar surface area (TPSA) is 154 Å². The third kappa shape index (κ3) is 3.43. The second kappa shape index (κ2) is 7.63. The molecule has 0 aliphatic carbocycles. The molecule has 2 aromatic rings. The Morgan fingerprint density at radius 1 is 1.22 bits per heavy atom. The largest absolute Gasteiger partial charge is 0.506 e. The highest BCUT2D eigenvalue weighted by Gasteiger charge is 2.43. The Morgan fingerprint density at radius 3 is 2.59 bits per heavy atom. The van der Waals surface area contributed by atoms with Gasteiger partial charge in [-0.25, -0.2) is 4.79 Å². The molecule has 0 aromatic heterocycles. The molecule has 0 saturated carbocycles. The Morgan fingerprint density at radius 2 is 1.91 bits per heavy atom. The monoisotopic (exact) mass is 442 g/mol. The van der Waals surface area contributed by atoms with Crippen molar-refractivity contribution in [2.45, 2.75) is 38.1 Å². The first-order valence-corrected chi connectivity index (χ1v) is 9.95.